The molecule has 1 aromatic rings. The van der Waals surface area contributed by atoms with E-state index in [1.807, 2.05) is 25.1 Å². The zero-order chi connectivity index (χ0) is 13.7. The quantitative estimate of drug-likeness (QED) is 0.855. The average molecular weight is 261 g/mol. The molecule has 1 unspecified atom stereocenters. The number of hydrogen-bond donors (Lipinski definition) is 2. The van der Waals surface area contributed by atoms with Gasteiger partial charge in [0.2, 0.25) is 5.91 Å². The molecule has 104 valence electrons. The predicted molar refractivity (Wildman–Crippen MR) is 75.9 cm³/mol. The zero-order valence-corrected chi connectivity index (χ0v) is 11.6. The van der Waals surface area contributed by atoms with Crippen LogP contribution in [-0.4, -0.2) is 23.7 Å². The Bertz CT molecular complexity index is 410. The van der Waals surface area contributed by atoms with E-state index in [2.05, 4.69) is 17.4 Å². The molecule has 1 aliphatic carbocycles. The molecular weight excluding hydrogens is 238 g/mol. The average Bonchev–Trinajstić information content (AvgIpc) is 2.90. The first-order chi connectivity index (χ1) is 9.19. The molecular formula is C16H23NO2. The zero-order valence-electron chi connectivity index (χ0n) is 11.6. The third-order valence-corrected chi connectivity index (χ3v) is 4.16. The Labute approximate surface area is 115 Å². The summed E-state index contributed by atoms with van der Waals surface area (Å²) in [5, 5.41) is 12.0. The van der Waals surface area contributed by atoms with Crippen molar-refractivity contribution in [1.82, 2.24) is 5.32 Å². The van der Waals surface area contributed by atoms with Gasteiger partial charge in [0.15, 0.2) is 0 Å². The molecule has 1 atom stereocenters. The third-order valence-electron chi connectivity index (χ3n) is 4.16. The standard InChI is InChI=1S/C16H23NO2/c1-13(9-12-18)17-15(19)16(10-5-6-11-16)14-7-3-2-4-8-14/h2-4,7-8,13,18H,5-6,9-12H2,1H3,(H,17,19). The normalized spacial score (nSPS) is 19.1. The van der Waals surface area contributed by atoms with Crippen molar-refractivity contribution in [3.05, 3.63) is 35.9 Å². The fraction of sp³-hybridized carbons (Fsp3) is 0.562. The Hall–Kier alpha value is -1.35. The minimum atomic E-state index is -0.356. The second kappa shape index (κ2) is 6.20. The Morgan fingerprint density at radius 2 is 1.95 bits per heavy atom. The number of rotatable bonds is 5. The van der Waals surface area contributed by atoms with Crippen molar-refractivity contribution < 1.29 is 9.90 Å². The van der Waals surface area contributed by atoms with Gasteiger partial charge in [-0.25, -0.2) is 0 Å². The maximum Gasteiger partial charge on any atom is 0.230 e. The number of amides is 1. The maximum absolute atomic E-state index is 12.7. The first-order valence-corrected chi connectivity index (χ1v) is 7.16. The molecule has 0 saturated heterocycles. The smallest absolute Gasteiger partial charge is 0.230 e. The molecule has 0 spiro atoms. The predicted octanol–water partition coefficient (Wildman–Crippen LogP) is 2.39. The van der Waals surface area contributed by atoms with Crippen LogP contribution in [0.2, 0.25) is 0 Å². The van der Waals surface area contributed by atoms with E-state index in [-0.39, 0.29) is 24.0 Å². The molecule has 0 heterocycles. The SMILES string of the molecule is CC(CCO)NC(=O)C1(c2ccccc2)CCCC1. The summed E-state index contributed by atoms with van der Waals surface area (Å²) in [6.45, 7) is 2.06. The summed E-state index contributed by atoms with van der Waals surface area (Å²) in [7, 11) is 0. The van der Waals surface area contributed by atoms with Gasteiger partial charge < -0.3 is 10.4 Å². The Kier molecular flexibility index (Phi) is 4.59. The lowest BCUT2D eigenvalue weighted by atomic mass is 9.78. The second-order valence-electron chi connectivity index (χ2n) is 5.54. The van der Waals surface area contributed by atoms with Crippen molar-refractivity contribution in [3.63, 3.8) is 0 Å². The molecule has 1 saturated carbocycles. The van der Waals surface area contributed by atoms with Gasteiger partial charge in [0.25, 0.3) is 0 Å². The molecule has 19 heavy (non-hydrogen) atoms. The number of carbonyl (C=O) groups excluding carboxylic acids is 1. The number of benzene rings is 1. The third kappa shape index (κ3) is 2.98. The van der Waals surface area contributed by atoms with Crippen molar-refractivity contribution in [1.29, 1.82) is 0 Å². The molecule has 1 aliphatic rings. The lowest BCUT2D eigenvalue weighted by Crippen LogP contribution is -2.46. The van der Waals surface area contributed by atoms with Crippen molar-refractivity contribution >= 4 is 5.91 Å². The van der Waals surface area contributed by atoms with Gasteiger partial charge in [-0.2, -0.15) is 0 Å². The molecule has 3 nitrogen and oxygen atoms in total. The molecule has 0 radical (unpaired) electrons. The summed E-state index contributed by atoms with van der Waals surface area (Å²) >= 11 is 0. The van der Waals surface area contributed by atoms with Crippen molar-refractivity contribution in [2.75, 3.05) is 6.61 Å². The van der Waals surface area contributed by atoms with Crippen LogP contribution in [0.4, 0.5) is 0 Å². The molecule has 0 bridgehead atoms. The topological polar surface area (TPSA) is 49.3 Å². The van der Waals surface area contributed by atoms with Gasteiger partial charge in [-0.05, 0) is 31.7 Å². The Morgan fingerprint density at radius 1 is 1.32 bits per heavy atom. The van der Waals surface area contributed by atoms with E-state index in [1.54, 1.807) is 0 Å². The molecule has 1 amide bonds. The summed E-state index contributed by atoms with van der Waals surface area (Å²) in [6.07, 6.45) is 4.67. The largest absolute Gasteiger partial charge is 0.396 e. The highest BCUT2D eigenvalue weighted by Crippen LogP contribution is 2.41. The summed E-state index contributed by atoms with van der Waals surface area (Å²) in [5.41, 5.74) is 0.770. The highest BCUT2D eigenvalue weighted by molar-refractivity contribution is 5.88. The number of aliphatic hydroxyl groups is 1. The van der Waals surface area contributed by atoms with E-state index in [4.69, 9.17) is 5.11 Å². The first kappa shape index (κ1) is 14.1. The van der Waals surface area contributed by atoms with E-state index < -0.39 is 0 Å². The van der Waals surface area contributed by atoms with Crippen LogP contribution in [0.15, 0.2) is 30.3 Å². The van der Waals surface area contributed by atoms with Crippen LogP contribution < -0.4 is 5.32 Å². The number of aliphatic hydroxyl groups excluding tert-OH is 1. The van der Waals surface area contributed by atoms with Crippen LogP contribution in [0, 0.1) is 0 Å². The van der Waals surface area contributed by atoms with E-state index in [9.17, 15) is 4.79 Å². The van der Waals surface area contributed by atoms with E-state index >= 15 is 0 Å². The van der Waals surface area contributed by atoms with Gasteiger partial charge in [0.1, 0.15) is 0 Å². The minimum Gasteiger partial charge on any atom is -0.396 e. The van der Waals surface area contributed by atoms with Gasteiger partial charge in [0.05, 0.1) is 5.41 Å². The highest BCUT2D eigenvalue weighted by atomic mass is 16.3. The van der Waals surface area contributed by atoms with Gasteiger partial charge in [-0.3, -0.25) is 4.79 Å². The van der Waals surface area contributed by atoms with E-state index in [1.165, 1.54) is 0 Å². The van der Waals surface area contributed by atoms with E-state index in [0.29, 0.717) is 6.42 Å². The lowest BCUT2D eigenvalue weighted by Gasteiger charge is -2.30. The van der Waals surface area contributed by atoms with Gasteiger partial charge in [0, 0.05) is 12.6 Å². The highest BCUT2D eigenvalue weighted by Gasteiger charge is 2.42. The monoisotopic (exact) mass is 261 g/mol. The summed E-state index contributed by atoms with van der Waals surface area (Å²) in [6, 6.07) is 10.1. The van der Waals surface area contributed by atoms with Gasteiger partial charge >= 0.3 is 0 Å². The van der Waals surface area contributed by atoms with Crippen molar-refractivity contribution in [3.8, 4) is 0 Å². The fourth-order valence-electron chi connectivity index (χ4n) is 3.01. The second-order valence-corrected chi connectivity index (χ2v) is 5.54. The van der Waals surface area contributed by atoms with Crippen LogP contribution in [0.25, 0.3) is 0 Å². The van der Waals surface area contributed by atoms with E-state index in [0.717, 1.165) is 31.2 Å². The van der Waals surface area contributed by atoms with Crippen molar-refractivity contribution in [2.24, 2.45) is 0 Å². The molecule has 2 rings (SSSR count). The molecule has 0 aromatic heterocycles. The molecule has 0 aliphatic heterocycles. The lowest BCUT2D eigenvalue weighted by molar-refractivity contribution is -0.127. The summed E-state index contributed by atoms with van der Waals surface area (Å²) in [5.74, 6) is 0.122. The maximum atomic E-state index is 12.7. The molecule has 3 heteroatoms. The van der Waals surface area contributed by atoms with Crippen LogP contribution in [0.1, 0.15) is 44.6 Å². The summed E-state index contributed by atoms with van der Waals surface area (Å²) < 4.78 is 0. The Balaban J connectivity index is 2.18. The van der Waals surface area contributed by atoms with Crippen LogP contribution >= 0.6 is 0 Å². The molecule has 1 aromatic carbocycles. The Morgan fingerprint density at radius 3 is 2.53 bits per heavy atom. The van der Waals surface area contributed by atoms with Crippen molar-refractivity contribution in [2.45, 2.75) is 50.5 Å². The van der Waals surface area contributed by atoms with Crippen LogP contribution in [-0.2, 0) is 10.2 Å². The minimum absolute atomic E-state index is 0.0266. The molecule has 2 N–H and O–H groups in total. The van der Waals surface area contributed by atoms with Gasteiger partial charge in [-0.15, -0.1) is 0 Å². The number of hydrogen-bond acceptors (Lipinski definition) is 2. The summed E-state index contributed by atoms with van der Waals surface area (Å²) in [4.78, 5) is 12.7. The molecule has 1 fully saturated rings. The van der Waals surface area contributed by atoms with Crippen LogP contribution in [0.3, 0.4) is 0 Å². The van der Waals surface area contributed by atoms with Gasteiger partial charge in [-0.1, -0.05) is 43.2 Å². The number of carbonyl (C=O) groups is 1. The number of nitrogens with one attached hydrogen (secondary N) is 1. The first-order valence-electron chi connectivity index (χ1n) is 7.16. The fourth-order valence-corrected chi connectivity index (χ4v) is 3.01. The van der Waals surface area contributed by atoms with Crippen LogP contribution in [0.5, 0.6) is 0 Å².